The van der Waals surface area contributed by atoms with E-state index in [1.165, 1.54) is 0 Å². The molecule has 0 saturated heterocycles. The van der Waals surface area contributed by atoms with Gasteiger partial charge in [0.2, 0.25) is 0 Å². The number of nitrogens with two attached hydrogens (primary N) is 1. The van der Waals surface area contributed by atoms with E-state index < -0.39 is 0 Å². The van der Waals surface area contributed by atoms with Crippen molar-refractivity contribution in [1.29, 1.82) is 0 Å². The predicted molar refractivity (Wildman–Crippen MR) is 92.7 cm³/mol. The number of hydrogen-bond donors (Lipinski definition) is 2. The average molecular weight is 338 g/mol. The molecule has 0 aliphatic carbocycles. The third-order valence-corrected chi connectivity index (χ3v) is 4.65. The van der Waals surface area contributed by atoms with Crippen LogP contribution in [-0.2, 0) is 6.42 Å². The number of nitrogens with zero attached hydrogens (tertiary/aromatic N) is 1. The normalized spacial score (nSPS) is 11.0. The number of anilines is 2. The molecule has 21 heavy (non-hydrogen) atoms. The average Bonchev–Trinajstić information content (AvgIpc) is 2.93. The van der Waals surface area contributed by atoms with Crippen LogP contribution in [0.5, 0.6) is 0 Å². The van der Waals surface area contributed by atoms with Crippen molar-refractivity contribution in [1.82, 2.24) is 4.98 Å². The molecule has 0 saturated carbocycles. The minimum Gasteiger partial charge on any atom is -0.395 e. The zero-order valence-corrected chi connectivity index (χ0v) is 13.4. The lowest BCUT2D eigenvalue weighted by molar-refractivity contribution is 1.02. The SMILES string of the molecule is Nc1c(NCCc2ccc(Cl)cc2Cl)ccc2scnc12. The van der Waals surface area contributed by atoms with Crippen LogP contribution in [0.1, 0.15) is 5.56 Å². The summed E-state index contributed by atoms with van der Waals surface area (Å²) in [6.45, 7) is 0.737. The van der Waals surface area contributed by atoms with Crippen molar-refractivity contribution < 1.29 is 0 Å². The molecule has 1 heterocycles. The van der Waals surface area contributed by atoms with Crippen molar-refractivity contribution >= 4 is 56.1 Å². The Morgan fingerprint density at radius 3 is 2.86 bits per heavy atom. The zero-order valence-electron chi connectivity index (χ0n) is 11.1. The third-order valence-electron chi connectivity index (χ3n) is 3.27. The molecule has 1 aromatic heterocycles. The Hall–Kier alpha value is -1.49. The molecule has 3 nitrogen and oxygen atoms in total. The van der Waals surface area contributed by atoms with Gasteiger partial charge in [-0.2, -0.15) is 0 Å². The monoisotopic (exact) mass is 337 g/mol. The lowest BCUT2D eigenvalue weighted by Crippen LogP contribution is -2.07. The Labute approximate surface area is 136 Å². The molecule has 6 heteroatoms. The van der Waals surface area contributed by atoms with Crippen molar-refractivity contribution in [2.75, 3.05) is 17.6 Å². The van der Waals surface area contributed by atoms with E-state index in [1.807, 2.05) is 24.3 Å². The molecule has 0 fully saturated rings. The van der Waals surface area contributed by atoms with Gasteiger partial charge in [-0.15, -0.1) is 11.3 Å². The quantitative estimate of drug-likeness (QED) is 0.669. The summed E-state index contributed by atoms with van der Waals surface area (Å²) in [6, 6.07) is 9.56. The van der Waals surface area contributed by atoms with Gasteiger partial charge in [0.15, 0.2) is 0 Å². The van der Waals surface area contributed by atoms with E-state index in [0.29, 0.717) is 15.7 Å². The number of rotatable bonds is 4. The number of aromatic nitrogens is 1. The minimum absolute atomic E-state index is 0.648. The van der Waals surface area contributed by atoms with Gasteiger partial charge in [0.25, 0.3) is 0 Å². The maximum absolute atomic E-state index is 6.16. The van der Waals surface area contributed by atoms with E-state index in [-0.39, 0.29) is 0 Å². The molecule has 0 bridgehead atoms. The maximum atomic E-state index is 6.16. The number of nitrogens with one attached hydrogen (secondary N) is 1. The highest BCUT2D eigenvalue weighted by atomic mass is 35.5. The summed E-state index contributed by atoms with van der Waals surface area (Å²) in [7, 11) is 0. The second-order valence-electron chi connectivity index (χ2n) is 4.64. The summed E-state index contributed by atoms with van der Waals surface area (Å²) < 4.78 is 1.10. The second kappa shape index (κ2) is 6.10. The van der Waals surface area contributed by atoms with Crippen LogP contribution in [0.15, 0.2) is 35.8 Å². The zero-order chi connectivity index (χ0) is 14.8. The Kier molecular flexibility index (Phi) is 4.19. The highest BCUT2D eigenvalue weighted by molar-refractivity contribution is 7.16. The van der Waals surface area contributed by atoms with Gasteiger partial charge >= 0.3 is 0 Å². The molecule has 2 aromatic carbocycles. The van der Waals surface area contributed by atoms with Gasteiger partial charge in [0.1, 0.15) is 5.52 Å². The molecule has 0 radical (unpaired) electrons. The Balaban J connectivity index is 1.70. The van der Waals surface area contributed by atoms with E-state index in [2.05, 4.69) is 10.3 Å². The van der Waals surface area contributed by atoms with Gasteiger partial charge in [0, 0.05) is 16.6 Å². The summed E-state index contributed by atoms with van der Waals surface area (Å²) >= 11 is 13.6. The van der Waals surface area contributed by atoms with Gasteiger partial charge in [-0.1, -0.05) is 29.3 Å². The van der Waals surface area contributed by atoms with Crippen LogP contribution in [0.2, 0.25) is 10.0 Å². The third kappa shape index (κ3) is 3.07. The largest absolute Gasteiger partial charge is 0.395 e. The van der Waals surface area contributed by atoms with E-state index in [1.54, 1.807) is 22.9 Å². The molecular formula is C15H13Cl2N3S. The summed E-state index contributed by atoms with van der Waals surface area (Å²) in [5, 5.41) is 4.67. The van der Waals surface area contributed by atoms with Crippen molar-refractivity contribution in [2.45, 2.75) is 6.42 Å². The Bertz CT molecular complexity index is 786. The van der Waals surface area contributed by atoms with Crippen LogP contribution in [0.4, 0.5) is 11.4 Å². The molecule has 0 atom stereocenters. The highest BCUT2D eigenvalue weighted by Gasteiger charge is 2.07. The standard InChI is InChI=1S/C15H13Cl2N3S/c16-10-2-1-9(11(17)7-10)5-6-19-12-3-4-13-15(14(12)18)20-8-21-13/h1-4,7-8,19H,5-6,18H2. The first kappa shape index (κ1) is 14.4. The van der Waals surface area contributed by atoms with Gasteiger partial charge in [0.05, 0.1) is 21.6 Å². The van der Waals surface area contributed by atoms with Crippen LogP contribution >= 0.6 is 34.5 Å². The van der Waals surface area contributed by atoms with Gasteiger partial charge < -0.3 is 11.1 Å². The molecule has 0 aliphatic rings. The predicted octanol–water partition coefficient (Wildman–Crippen LogP) is 4.84. The molecular weight excluding hydrogens is 325 g/mol. The number of nitrogen functional groups attached to an aromatic ring is 1. The van der Waals surface area contributed by atoms with Crippen molar-refractivity contribution in [3.05, 3.63) is 51.5 Å². The smallest absolute Gasteiger partial charge is 0.106 e. The van der Waals surface area contributed by atoms with E-state index in [9.17, 15) is 0 Å². The highest BCUT2D eigenvalue weighted by Crippen LogP contribution is 2.30. The van der Waals surface area contributed by atoms with Crippen molar-refractivity contribution in [2.24, 2.45) is 0 Å². The van der Waals surface area contributed by atoms with Crippen molar-refractivity contribution in [3.8, 4) is 0 Å². The summed E-state index contributed by atoms with van der Waals surface area (Å²) in [6.07, 6.45) is 0.796. The summed E-state index contributed by atoms with van der Waals surface area (Å²) in [4.78, 5) is 4.29. The second-order valence-corrected chi connectivity index (χ2v) is 6.37. The Morgan fingerprint density at radius 2 is 2.05 bits per heavy atom. The Morgan fingerprint density at radius 1 is 1.19 bits per heavy atom. The fourth-order valence-corrected chi connectivity index (χ4v) is 3.36. The van der Waals surface area contributed by atoms with Crippen molar-refractivity contribution in [3.63, 3.8) is 0 Å². The molecule has 0 unspecified atom stereocenters. The van der Waals surface area contributed by atoms with Crippen LogP contribution in [-0.4, -0.2) is 11.5 Å². The lowest BCUT2D eigenvalue weighted by atomic mass is 10.1. The molecule has 108 valence electrons. The topological polar surface area (TPSA) is 50.9 Å². The van der Waals surface area contributed by atoms with E-state index >= 15 is 0 Å². The number of fused-ring (bicyclic) bond motifs is 1. The first-order valence-corrected chi connectivity index (χ1v) is 8.08. The first-order chi connectivity index (χ1) is 10.1. The molecule has 0 spiro atoms. The van der Waals surface area contributed by atoms with Gasteiger partial charge in [-0.25, -0.2) is 4.98 Å². The fraction of sp³-hybridized carbons (Fsp3) is 0.133. The van der Waals surface area contributed by atoms with E-state index in [4.69, 9.17) is 28.9 Å². The summed E-state index contributed by atoms with van der Waals surface area (Å²) in [5.41, 5.74) is 11.4. The van der Waals surface area contributed by atoms with Crippen LogP contribution in [0.25, 0.3) is 10.2 Å². The van der Waals surface area contributed by atoms with Crippen LogP contribution in [0, 0.1) is 0 Å². The fourth-order valence-electron chi connectivity index (χ4n) is 2.16. The van der Waals surface area contributed by atoms with Gasteiger partial charge in [-0.3, -0.25) is 0 Å². The molecule has 3 rings (SSSR count). The summed E-state index contributed by atoms with van der Waals surface area (Å²) in [5.74, 6) is 0. The number of halogens is 2. The van der Waals surface area contributed by atoms with Crippen LogP contribution in [0.3, 0.4) is 0 Å². The van der Waals surface area contributed by atoms with Crippen LogP contribution < -0.4 is 11.1 Å². The molecule has 3 aromatic rings. The maximum Gasteiger partial charge on any atom is 0.106 e. The molecule has 0 aliphatic heterocycles. The van der Waals surface area contributed by atoms with E-state index in [0.717, 1.165) is 34.4 Å². The first-order valence-electron chi connectivity index (χ1n) is 6.44. The number of benzene rings is 2. The number of thiazole rings is 1. The molecule has 3 N–H and O–H groups in total. The lowest BCUT2D eigenvalue weighted by Gasteiger charge is -2.10. The number of hydrogen-bond acceptors (Lipinski definition) is 4. The van der Waals surface area contributed by atoms with Gasteiger partial charge in [-0.05, 0) is 36.2 Å². The molecule has 0 amide bonds. The minimum atomic E-state index is 0.648.